The summed E-state index contributed by atoms with van der Waals surface area (Å²) in [7, 11) is -3.66. The van der Waals surface area contributed by atoms with E-state index in [0.29, 0.717) is 0 Å². The van der Waals surface area contributed by atoms with E-state index in [1.807, 2.05) is 6.92 Å². The van der Waals surface area contributed by atoms with Crippen molar-refractivity contribution in [3.05, 3.63) is 39.7 Å². The predicted molar refractivity (Wildman–Crippen MR) is 80.3 cm³/mol. The van der Waals surface area contributed by atoms with Crippen LogP contribution in [-0.2, 0) is 16.4 Å². The average molecular weight is 362 g/mol. The number of sulfonamides is 1. The van der Waals surface area contributed by atoms with E-state index in [0.717, 1.165) is 27.1 Å². The number of aryl methyl sites for hydroxylation is 1. The van der Waals surface area contributed by atoms with Crippen LogP contribution in [0.4, 0.5) is 5.69 Å². The van der Waals surface area contributed by atoms with Crippen molar-refractivity contribution in [2.45, 2.75) is 17.6 Å². The molecule has 0 radical (unpaired) electrons. The van der Waals surface area contributed by atoms with Crippen molar-refractivity contribution >= 4 is 43.0 Å². The Labute approximate surface area is 124 Å². The first-order valence-electron chi connectivity index (χ1n) is 5.52. The molecular weight excluding hydrogens is 350 g/mol. The van der Waals surface area contributed by atoms with E-state index in [1.54, 1.807) is 18.2 Å². The molecule has 0 unspecified atom stereocenters. The smallest absolute Gasteiger partial charge is 0.271 e. The molecule has 0 fully saturated rings. The van der Waals surface area contributed by atoms with Crippen LogP contribution in [0.2, 0.25) is 0 Å². The highest BCUT2D eigenvalue weighted by Gasteiger charge is 2.18. The van der Waals surface area contributed by atoms with Gasteiger partial charge >= 0.3 is 0 Å². The molecule has 0 amide bonds. The molecule has 2 rings (SSSR count). The van der Waals surface area contributed by atoms with E-state index in [4.69, 9.17) is 0 Å². The van der Waals surface area contributed by atoms with Crippen LogP contribution in [0.3, 0.4) is 0 Å². The van der Waals surface area contributed by atoms with Gasteiger partial charge in [-0.15, -0.1) is 11.3 Å². The molecule has 0 saturated heterocycles. The minimum Gasteiger partial charge on any atom is -0.506 e. The van der Waals surface area contributed by atoms with Crippen LogP contribution in [-0.4, -0.2) is 13.5 Å². The fourth-order valence-electron chi connectivity index (χ4n) is 1.52. The molecule has 0 atom stereocenters. The number of aromatic hydroxyl groups is 1. The van der Waals surface area contributed by atoms with Gasteiger partial charge in [-0.25, -0.2) is 8.42 Å². The number of halogens is 1. The summed E-state index contributed by atoms with van der Waals surface area (Å²) in [6.45, 7) is 1.96. The minimum absolute atomic E-state index is 0.0867. The lowest BCUT2D eigenvalue weighted by Crippen LogP contribution is -2.11. The van der Waals surface area contributed by atoms with Crippen LogP contribution in [0.25, 0.3) is 0 Å². The summed E-state index contributed by atoms with van der Waals surface area (Å²) in [5.74, 6) is -0.0867. The van der Waals surface area contributed by atoms with Crippen LogP contribution in [0, 0.1) is 0 Å². The number of nitrogens with one attached hydrogen (secondary N) is 1. The zero-order valence-electron chi connectivity index (χ0n) is 10.1. The van der Waals surface area contributed by atoms with Crippen molar-refractivity contribution in [1.82, 2.24) is 0 Å². The van der Waals surface area contributed by atoms with Gasteiger partial charge in [0.25, 0.3) is 10.0 Å². The van der Waals surface area contributed by atoms with E-state index in [1.165, 1.54) is 12.1 Å². The Morgan fingerprint density at radius 1 is 1.32 bits per heavy atom. The number of anilines is 1. The Balaban J connectivity index is 2.35. The summed E-state index contributed by atoms with van der Waals surface area (Å²) >= 11 is 4.34. The molecule has 1 heterocycles. The van der Waals surface area contributed by atoms with Crippen molar-refractivity contribution in [1.29, 1.82) is 0 Å². The second-order valence-corrected chi connectivity index (χ2v) is 8.24. The van der Waals surface area contributed by atoms with Crippen LogP contribution < -0.4 is 4.72 Å². The normalized spacial score (nSPS) is 11.5. The summed E-state index contributed by atoms with van der Waals surface area (Å²) in [6.07, 6.45) is 0.763. The highest BCUT2D eigenvalue weighted by molar-refractivity contribution is 9.11. The standard InChI is InChI=1S/C12H12BrNO3S2/c1-2-8-3-4-10(15)9(7-8)14-19(16,17)12-6-5-11(13)18-12/h3-7,14-15H,2H2,1H3. The number of hydrogen-bond acceptors (Lipinski definition) is 4. The molecule has 4 nitrogen and oxygen atoms in total. The first kappa shape index (κ1) is 14.4. The Hall–Kier alpha value is -1.05. The Kier molecular flexibility index (Phi) is 4.17. The fraction of sp³-hybridized carbons (Fsp3) is 0.167. The van der Waals surface area contributed by atoms with Crippen molar-refractivity contribution in [2.24, 2.45) is 0 Å². The van der Waals surface area contributed by atoms with Crippen molar-refractivity contribution in [3.8, 4) is 5.75 Å². The first-order chi connectivity index (χ1) is 8.92. The molecule has 1 aromatic heterocycles. The molecule has 7 heteroatoms. The monoisotopic (exact) mass is 361 g/mol. The Morgan fingerprint density at radius 2 is 2.05 bits per heavy atom. The van der Waals surface area contributed by atoms with E-state index in [2.05, 4.69) is 20.7 Å². The maximum Gasteiger partial charge on any atom is 0.271 e. The third-order valence-corrected chi connectivity index (χ3v) is 6.01. The number of thiophene rings is 1. The van der Waals surface area contributed by atoms with Gasteiger partial charge in [-0.2, -0.15) is 0 Å². The number of benzene rings is 1. The summed E-state index contributed by atoms with van der Waals surface area (Å²) in [5, 5.41) is 9.71. The summed E-state index contributed by atoms with van der Waals surface area (Å²) in [6, 6.07) is 8.06. The third kappa shape index (κ3) is 3.29. The molecular formula is C12H12BrNO3S2. The maximum atomic E-state index is 12.1. The lowest BCUT2D eigenvalue weighted by atomic mass is 10.1. The summed E-state index contributed by atoms with van der Waals surface area (Å²) in [4.78, 5) is 0. The lowest BCUT2D eigenvalue weighted by Gasteiger charge is -2.09. The SMILES string of the molecule is CCc1ccc(O)c(NS(=O)(=O)c2ccc(Br)s2)c1. The minimum atomic E-state index is -3.66. The quantitative estimate of drug-likeness (QED) is 0.817. The topological polar surface area (TPSA) is 66.4 Å². The Morgan fingerprint density at radius 3 is 2.63 bits per heavy atom. The lowest BCUT2D eigenvalue weighted by molar-refractivity contribution is 0.477. The highest BCUT2D eigenvalue weighted by Crippen LogP contribution is 2.31. The number of phenols is 1. The summed E-state index contributed by atoms with van der Waals surface area (Å²) < 4.78 is 27.6. The number of phenolic OH excluding ortho intramolecular Hbond substituents is 1. The molecule has 19 heavy (non-hydrogen) atoms. The van der Waals surface area contributed by atoms with Crippen LogP contribution in [0.15, 0.2) is 38.3 Å². The van der Waals surface area contributed by atoms with Gasteiger partial charge in [0.05, 0.1) is 9.47 Å². The van der Waals surface area contributed by atoms with Crippen molar-refractivity contribution in [2.75, 3.05) is 4.72 Å². The molecule has 1 aromatic carbocycles. The first-order valence-corrected chi connectivity index (χ1v) is 8.61. The van der Waals surface area contributed by atoms with Gasteiger partial charge in [-0.05, 0) is 52.2 Å². The third-order valence-electron chi connectivity index (χ3n) is 2.53. The average Bonchev–Trinajstić information content (AvgIpc) is 2.79. The molecule has 102 valence electrons. The van der Waals surface area contributed by atoms with E-state index >= 15 is 0 Å². The van der Waals surface area contributed by atoms with Gasteiger partial charge in [0, 0.05) is 0 Å². The second-order valence-electron chi connectivity index (χ2n) is 3.87. The molecule has 0 bridgehead atoms. The maximum absolute atomic E-state index is 12.1. The molecule has 2 aromatic rings. The van der Waals surface area contributed by atoms with Gasteiger partial charge in [0.15, 0.2) is 0 Å². The van der Waals surface area contributed by atoms with Gasteiger partial charge < -0.3 is 5.11 Å². The van der Waals surface area contributed by atoms with Gasteiger partial charge in [0.1, 0.15) is 9.96 Å². The van der Waals surface area contributed by atoms with Gasteiger partial charge in [0.2, 0.25) is 0 Å². The molecule has 0 spiro atoms. The fourth-order valence-corrected chi connectivity index (χ4v) is 4.60. The molecule has 0 aliphatic carbocycles. The molecule has 0 saturated carbocycles. The highest BCUT2D eigenvalue weighted by atomic mass is 79.9. The molecule has 0 aliphatic rings. The number of hydrogen-bond donors (Lipinski definition) is 2. The zero-order valence-corrected chi connectivity index (χ0v) is 13.3. The molecule has 2 N–H and O–H groups in total. The molecule has 0 aliphatic heterocycles. The van der Waals surface area contributed by atoms with E-state index in [9.17, 15) is 13.5 Å². The Bertz CT molecular complexity index is 695. The number of rotatable bonds is 4. The second kappa shape index (κ2) is 5.52. The van der Waals surface area contributed by atoms with Crippen LogP contribution >= 0.6 is 27.3 Å². The van der Waals surface area contributed by atoms with E-state index < -0.39 is 10.0 Å². The van der Waals surface area contributed by atoms with Crippen molar-refractivity contribution < 1.29 is 13.5 Å². The van der Waals surface area contributed by atoms with Crippen LogP contribution in [0.5, 0.6) is 5.75 Å². The zero-order chi connectivity index (χ0) is 14.0. The largest absolute Gasteiger partial charge is 0.506 e. The van der Waals surface area contributed by atoms with Gasteiger partial charge in [-0.1, -0.05) is 13.0 Å². The summed E-state index contributed by atoms with van der Waals surface area (Å²) in [5.41, 5.74) is 1.15. The van der Waals surface area contributed by atoms with Crippen molar-refractivity contribution in [3.63, 3.8) is 0 Å². The predicted octanol–water partition coefficient (Wildman–Crippen LogP) is 3.58. The van der Waals surface area contributed by atoms with Gasteiger partial charge in [-0.3, -0.25) is 4.72 Å². The van der Waals surface area contributed by atoms with Crippen LogP contribution in [0.1, 0.15) is 12.5 Å². The van der Waals surface area contributed by atoms with E-state index in [-0.39, 0.29) is 15.6 Å².